The number of fused-ring (bicyclic) bond motifs is 2. The van der Waals surface area contributed by atoms with Gasteiger partial charge in [0.25, 0.3) is 5.91 Å². The topological polar surface area (TPSA) is 75.2 Å². The van der Waals surface area contributed by atoms with Gasteiger partial charge in [-0.2, -0.15) is 0 Å². The number of nitrogens with zero attached hydrogens (tertiary/aromatic N) is 2. The Morgan fingerprint density at radius 1 is 1.12 bits per heavy atom. The van der Waals surface area contributed by atoms with Crippen molar-refractivity contribution in [2.24, 2.45) is 4.99 Å². The number of rotatable bonds is 5. The van der Waals surface area contributed by atoms with Crippen molar-refractivity contribution in [2.45, 2.75) is 50.2 Å². The predicted molar refractivity (Wildman–Crippen MR) is 129 cm³/mol. The van der Waals surface area contributed by atoms with Gasteiger partial charge in [0.1, 0.15) is 17.1 Å². The highest BCUT2D eigenvalue weighted by molar-refractivity contribution is 5.97. The third-order valence-corrected chi connectivity index (χ3v) is 6.91. The molecule has 7 nitrogen and oxygen atoms in total. The first-order chi connectivity index (χ1) is 16.2. The van der Waals surface area contributed by atoms with E-state index in [2.05, 4.69) is 33.8 Å². The molecule has 1 amide bonds. The maximum atomic E-state index is 12.4. The Morgan fingerprint density at radius 3 is 2.70 bits per heavy atom. The predicted octanol–water partition coefficient (Wildman–Crippen LogP) is 3.80. The molecule has 1 fully saturated rings. The van der Waals surface area contributed by atoms with Crippen LogP contribution in [-0.2, 0) is 4.79 Å². The minimum absolute atomic E-state index is 0.00289. The molecular weight excluding hydrogens is 416 g/mol. The summed E-state index contributed by atoms with van der Waals surface area (Å²) in [4.78, 5) is 18.6. The quantitative estimate of drug-likeness (QED) is 0.413. The third-order valence-electron chi connectivity index (χ3n) is 6.91. The summed E-state index contributed by atoms with van der Waals surface area (Å²) in [6.07, 6.45) is 6.43. The number of guanidine groups is 1. The van der Waals surface area contributed by atoms with Crippen LogP contribution in [0.4, 0.5) is 5.69 Å². The van der Waals surface area contributed by atoms with Gasteiger partial charge in [-0.05, 0) is 50.3 Å². The normalized spacial score (nSPS) is 21.1. The van der Waals surface area contributed by atoms with Crippen molar-refractivity contribution in [3.05, 3.63) is 54.1 Å². The lowest BCUT2D eigenvalue weighted by molar-refractivity contribution is -0.121. The molecule has 1 spiro atoms. The maximum absolute atomic E-state index is 12.4. The number of hydrogen-bond acceptors (Lipinski definition) is 4. The molecular formula is C26H32N4O3. The molecule has 0 saturated heterocycles. The highest BCUT2D eigenvalue weighted by Gasteiger charge is 2.43. The summed E-state index contributed by atoms with van der Waals surface area (Å²) in [6, 6.07) is 16.2. The van der Waals surface area contributed by atoms with Crippen LogP contribution in [-0.4, -0.2) is 44.2 Å². The van der Waals surface area contributed by atoms with Crippen molar-refractivity contribution in [1.29, 1.82) is 0 Å². The van der Waals surface area contributed by atoms with Crippen LogP contribution in [0.25, 0.3) is 0 Å². The molecule has 2 N–H and O–H groups in total. The van der Waals surface area contributed by atoms with Crippen molar-refractivity contribution in [2.75, 3.05) is 31.6 Å². The zero-order valence-electron chi connectivity index (χ0n) is 19.2. The van der Waals surface area contributed by atoms with Gasteiger partial charge in [-0.25, -0.2) is 0 Å². The first-order valence-electron chi connectivity index (χ1n) is 11.9. The van der Waals surface area contributed by atoms with Gasteiger partial charge < -0.3 is 25.0 Å². The fraction of sp³-hybridized carbons (Fsp3) is 0.462. The van der Waals surface area contributed by atoms with Crippen molar-refractivity contribution < 1.29 is 14.3 Å². The summed E-state index contributed by atoms with van der Waals surface area (Å²) in [5, 5.41) is 7.07. The average molecular weight is 449 g/mol. The molecule has 1 unspecified atom stereocenters. The molecule has 2 aliphatic heterocycles. The van der Waals surface area contributed by atoms with Crippen LogP contribution in [0.2, 0.25) is 0 Å². The van der Waals surface area contributed by atoms with Gasteiger partial charge in [0.05, 0.1) is 11.7 Å². The maximum Gasteiger partial charge on any atom is 0.265 e. The Bertz CT molecular complexity index is 1030. The van der Waals surface area contributed by atoms with Gasteiger partial charge in [-0.1, -0.05) is 30.3 Å². The fourth-order valence-corrected chi connectivity index (χ4v) is 5.28. The van der Waals surface area contributed by atoms with Crippen LogP contribution in [0.3, 0.4) is 0 Å². The van der Waals surface area contributed by atoms with Gasteiger partial charge >= 0.3 is 0 Å². The van der Waals surface area contributed by atoms with Gasteiger partial charge in [0.2, 0.25) is 0 Å². The van der Waals surface area contributed by atoms with Gasteiger partial charge in [0, 0.05) is 32.1 Å². The van der Waals surface area contributed by atoms with E-state index in [1.807, 2.05) is 35.2 Å². The van der Waals surface area contributed by atoms with E-state index in [9.17, 15) is 4.79 Å². The van der Waals surface area contributed by atoms with E-state index in [1.165, 1.54) is 18.4 Å². The Morgan fingerprint density at radius 2 is 1.88 bits per heavy atom. The van der Waals surface area contributed by atoms with Gasteiger partial charge in [-0.15, -0.1) is 0 Å². The lowest BCUT2D eigenvalue weighted by Crippen LogP contribution is -2.47. The van der Waals surface area contributed by atoms with E-state index in [4.69, 9.17) is 9.47 Å². The van der Waals surface area contributed by atoms with Crippen molar-refractivity contribution >= 4 is 17.6 Å². The van der Waals surface area contributed by atoms with E-state index in [1.54, 1.807) is 7.05 Å². The van der Waals surface area contributed by atoms with E-state index in [0.29, 0.717) is 13.1 Å². The number of ether oxygens (including phenoxy) is 2. The van der Waals surface area contributed by atoms with E-state index in [0.717, 1.165) is 48.8 Å². The van der Waals surface area contributed by atoms with Crippen LogP contribution >= 0.6 is 0 Å². The molecule has 1 saturated carbocycles. The molecule has 0 radical (unpaired) electrons. The number of carbonyl (C=O) groups excluding carboxylic acids is 1. The SMILES string of the molecule is CN=C(NCCCN1C(=O)COc2ccccc21)NC1CC2(CCCC2)Oc2ccccc21. The smallest absolute Gasteiger partial charge is 0.265 e. The summed E-state index contributed by atoms with van der Waals surface area (Å²) in [6.45, 7) is 1.44. The van der Waals surface area contributed by atoms with Crippen LogP contribution in [0.15, 0.2) is 53.5 Å². The third kappa shape index (κ3) is 4.49. The Labute approximate surface area is 195 Å². The Balaban J connectivity index is 1.19. The second kappa shape index (κ2) is 9.33. The highest BCUT2D eigenvalue weighted by Crippen LogP contribution is 2.47. The molecule has 2 heterocycles. The van der Waals surface area contributed by atoms with Crippen molar-refractivity contribution in [3.8, 4) is 11.5 Å². The fourth-order valence-electron chi connectivity index (χ4n) is 5.28. The summed E-state index contributed by atoms with van der Waals surface area (Å²) in [7, 11) is 1.80. The Kier molecular flexibility index (Phi) is 6.11. The number of nitrogens with one attached hydrogen (secondary N) is 2. The molecule has 3 aliphatic rings. The van der Waals surface area contributed by atoms with Crippen molar-refractivity contribution in [3.63, 3.8) is 0 Å². The zero-order chi connectivity index (χ0) is 22.7. The van der Waals surface area contributed by atoms with Gasteiger partial charge in [-0.3, -0.25) is 9.79 Å². The number of amides is 1. The minimum Gasteiger partial charge on any atom is -0.487 e. The molecule has 2 aromatic carbocycles. The number of carbonyl (C=O) groups is 1. The summed E-state index contributed by atoms with van der Waals surface area (Å²) in [5.41, 5.74) is 1.97. The number of hydrogen-bond donors (Lipinski definition) is 2. The van der Waals surface area contributed by atoms with Crippen LogP contribution in [0, 0.1) is 0 Å². The summed E-state index contributed by atoms with van der Waals surface area (Å²) < 4.78 is 12.0. The second-order valence-corrected chi connectivity index (χ2v) is 9.09. The zero-order valence-corrected chi connectivity index (χ0v) is 19.2. The summed E-state index contributed by atoms with van der Waals surface area (Å²) in [5.74, 6) is 2.53. The molecule has 7 heteroatoms. The van der Waals surface area contributed by atoms with Crippen LogP contribution in [0.1, 0.15) is 50.1 Å². The molecule has 0 bridgehead atoms. The lowest BCUT2D eigenvalue weighted by Gasteiger charge is -2.40. The standard InChI is InChI=1S/C26H32N4O3/c1-27-25(28-15-8-16-30-21-10-3-5-12-23(21)32-18-24(30)31)29-20-17-26(13-6-7-14-26)33-22-11-4-2-9-19(20)22/h2-5,9-12,20H,6-8,13-18H2,1H3,(H2,27,28,29). The molecule has 1 aliphatic carbocycles. The van der Waals surface area contributed by atoms with Gasteiger partial charge in [0.15, 0.2) is 12.6 Å². The number of anilines is 1. The number of aliphatic imine (C=N–C) groups is 1. The number of benzene rings is 2. The first kappa shape index (κ1) is 21.6. The van der Waals surface area contributed by atoms with Crippen molar-refractivity contribution in [1.82, 2.24) is 10.6 Å². The average Bonchev–Trinajstić information content (AvgIpc) is 3.29. The second-order valence-electron chi connectivity index (χ2n) is 9.09. The monoisotopic (exact) mass is 448 g/mol. The molecule has 33 heavy (non-hydrogen) atoms. The molecule has 1 atom stereocenters. The number of para-hydroxylation sites is 3. The first-order valence-corrected chi connectivity index (χ1v) is 11.9. The summed E-state index contributed by atoms with van der Waals surface area (Å²) >= 11 is 0. The lowest BCUT2D eigenvalue weighted by atomic mass is 9.86. The van der Waals surface area contributed by atoms with Crippen LogP contribution < -0.4 is 25.0 Å². The van der Waals surface area contributed by atoms with E-state index >= 15 is 0 Å². The Hall–Kier alpha value is -3.22. The van der Waals surface area contributed by atoms with E-state index < -0.39 is 0 Å². The minimum atomic E-state index is -0.0606. The van der Waals surface area contributed by atoms with E-state index in [-0.39, 0.29) is 24.2 Å². The molecule has 2 aromatic rings. The molecule has 5 rings (SSSR count). The molecule has 0 aromatic heterocycles. The molecule has 174 valence electrons. The largest absolute Gasteiger partial charge is 0.487 e. The van der Waals surface area contributed by atoms with Crippen LogP contribution in [0.5, 0.6) is 11.5 Å². The highest BCUT2D eigenvalue weighted by atomic mass is 16.5.